The Bertz CT molecular complexity index is 798. The number of aromatic amines is 1. The maximum Gasteiger partial charge on any atom is 0.252 e. The van der Waals surface area contributed by atoms with Crippen molar-refractivity contribution in [1.29, 1.82) is 0 Å². The van der Waals surface area contributed by atoms with Crippen molar-refractivity contribution in [1.82, 2.24) is 9.97 Å². The van der Waals surface area contributed by atoms with Crippen LogP contribution in [0.3, 0.4) is 0 Å². The van der Waals surface area contributed by atoms with E-state index in [2.05, 4.69) is 20.5 Å². The number of hydrogen-bond acceptors (Lipinski definition) is 6. The van der Waals surface area contributed by atoms with Crippen molar-refractivity contribution < 1.29 is 9.47 Å². The summed E-state index contributed by atoms with van der Waals surface area (Å²) in [6.07, 6.45) is 1.62. The van der Waals surface area contributed by atoms with Crippen molar-refractivity contribution in [3.05, 3.63) is 45.9 Å². The van der Waals surface area contributed by atoms with Crippen LogP contribution in [0.15, 0.2) is 34.2 Å². The summed E-state index contributed by atoms with van der Waals surface area (Å²) in [6.45, 7) is 3.97. The third-order valence-corrected chi connectivity index (χ3v) is 3.43. The van der Waals surface area contributed by atoms with E-state index in [1.165, 1.54) is 6.07 Å². The van der Waals surface area contributed by atoms with Crippen LogP contribution in [0.4, 0.5) is 5.95 Å². The topological polar surface area (TPSA) is 88.6 Å². The standard InChI is InChI=1S/C16H18N4O3/c1-10(19-20-16-17-11(2)7-15(21)18-16)3-4-12-5-6-13-14(8-12)23-9-22-13/h5-8H,3-4,9H2,1-2H3,(H2,17,18,20,21)/b19-10+. The number of aromatic nitrogens is 2. The molecule has 0 saturated heterocycles. The largest absolute Gasteiger partial charge is 0.454 e. The number of aryl methyl sites for hydroxylation is 2. The number of benzene rings is 1. The summed E-state index contributed by atoms with van der Waals surface area (Å²) in [7, 11) is 0. The monoisotopic (exact) mass is 314 g/mol. The lowest BCUT2D eigenvalue weighted by molar-refractivity contribution is 0.174. The highest BCUT2D eigenvalue weighted by Gasteiger charge is 2.13. The molecular formula is C16H18N4O3. The molecule has 7 nitrogen and oxygen atoms in total. The van der Waals surface area contributed by atoms with Crippen LogP contribution in [0.5, 0.6) is 11.5 Å². The number of nitrogens with one attached hydrogen (secondary N) is 2. The van der Waals surface area contributed by atoms with Gasteiger partial charge in [0.1, 0.15) is 0 Å². The van der Waals surface area contributed by atoms with Crippen LogP contribution in [0.1, 0.15) is 24.6 Å². The van der Waals surface area contributed by atoms with Crippen LogP contribution in [0.2, 0.25) is 0 Å². The molecule has 3 rings (SSSR count). The minimum atomic E-state index is -0.201. The molecule has 2 aromatic rings. The van der Waals surface area contributed by atoms with Crippen molar-refractivity contribution in [3.63, 3.8) is 0 Å². The number of rotatable bonds is 5. The first-order valence-electron chi connectivity index (χ1n) is 7.36. The maximum atomic E-state index is 11.4. The highest BCUT2D eigenvalue weighted by molar-refractivity contribution is 5.82. The molecule has 0 bridgehead atoms. The Kier molecular flexibility index (Phi) is 4.27. The Morgan fingerprint density at radius 3 is 3.00 bits per heavy atom. The first kappa shape index (κ1) is 15.1. The van der Waals surface area contributed by atoms with E-state index in [-0.39, 0.29) is 12.4 Å². The second-order valence-electron chi connectivity index (χ2n) is 5.38. The van der Waals surface area contributed by atoms with Crippen molar-refractivity contribution in [2.24, 2.45) is 5.10 Å². The van der Waals surface area contributed by atoms with Crippen LogP contribution in [0, 0.1) is 6.92 Å². The minimum Gasteiger partial charge on any atom is -0.454 e. The number of hydrazone groups is 1. The molecule has 0 atom stereocenters. The van der Waals surface area contributed by atoms with Crippen molar-refractivity contribution in [3.8, 4) is 11.5 Å². The van der Waals surface area contributed by atoms with Gasteiger partial charge in [0, 0.05) is 17.5 Å². The summed E-state index contributed by atoms with van der Waals surface area (Å²) in [5.41, 5.74) is 5.29. The molecule has 1 aromatic carbocycles. The van der Waals surface area contributed by atoms with Crippen molar-refractivity contribution >= 4 is 11.7 Å². The van der Waals surface area contributed by atoms with Gasteiger partial charge in [-0.25, -0.2) is 10.4 Å². The zero-order valence-corrected chi connectivity index (χ0v) is 13.0. The fraction of sp³-hybridized carbons (Fsp3) is 0.312. The molecule has 120 valence electrons. The molecule has 1 aliphatic rings. The van der Waals surface area contributed by atoms with Crippen LogP contribution >= 0.6 is 0 Å². The van der Waals surface area contributed by atoms with E-state index in [1.807, 2.05) is 25.1 Å². The minimum absolute atomic E-state index is 0.201. The maximum absolute atomic E-state index is 11.4. The predicted octanol–water partition coefficient (Wildman–Crippen LogP) is 2.23. The molecule has 7 heteroatoms. The average Bonchev–Trinajstić information content (AvgIpc) is 2.97. The highest BCUT2D eigenvalue weighted by atomic mass is 16.7. The SMILES string of the molecule is C/C(CCc1ccc2c(c1)OCO2)=N\Nc1nc(C)cc(=O)[nH]1. The molecule has 0 spiro atoms. The number of ether oxygens (including phenoxy) is 2. The molecule has 0 amide bonds. The summed E-state index contributed by atoms with van der Waals surface area (Å²) in [5, 5.41) is 4.24. The van der Waals surface area contributed by atoms with Gasteiger partial charge in [-0.1, -0.05) is 6.07 Å². The number of anilines is 1. The van der Waals surface area contributed by atoms with Gasteiger partial charge in [0.15, 0.2) is 11.5 Å². The molecular weight excluding hydrogens is 296 g/mol. The molecule has 1 aromatic heterocycles. The van der Waals surface area contributed by atoms with E-state index < -0.39 is 0 Å². The quantitative estimate of drug-likeness (QED) is 0.652. The zero-order chi connectivity index (χ0) is 16.2. The van der Waals surface area contributed by atoms with E-state index in [9.17, 15) is 4.79 Å². The fourth-order valence-electron chi connectivity index (χ4n) is 2.26. The van der Waals surface area contributed by atoms with Gasteiger partial charge in [-0.2, -0.15) is 5.10 Å². The lowest BCUT2D eigenvalue weighted by Crippen LogP contribution is -2.11. The van der Waals surface area contributed by atoms with E-state index in [0.29, 0.717) is 11.6 Å². The Hall–Kier alpha value is -2.83. The summed E-state index contributed by atoms with van der Waals surface area (Å²) in [5.74, 6) is 1.92. The van der Waals surface area contributed by atoms with E-state index in [0.717, 1.165) is 35.6 Å². The Morgan fingerprint density at radius 2 is 2.17 bits per heavy atom. The Morgan fingerprint density at radius 1 is 1.35 bits per heavy atom. The van der Waals surface area contributed by atoms with Gasteiger partial charge in [0.05, 0.1) is 0 Å². The molecule has 0 unspecified atom stereocenters. The lowest BCUT2D eigenvalue weighted by Gasteiger charge is -2.05. The Labute approximate surface area is 133 Å². The number of H-pyrrole nitrogens is 1. The molecule has 0 fully saturated rings. The number of fused-ring (bicyclic) bond motifs is 1. The van der Waals surface area contributed by atoms with Crippen molar-refractivity contribution in [2.75, 3.05) is 12.2 Å². The first-order valence-corrected chi connectivity index (χ1v) is 7.36. The summed E-state index contributed by atoms with van der Waals surface area (Å²) in [4.78, 5) is 18.1. The van der Waals surface area contributed by atoms with Gasteiger partial charge < -0.3 is 9.47 Å². The number of nitrogens with zero attached hydrogens (tertiary/aromatic N) is 2. The van der Waals surface area contributed by atoms with Gasteiger partial charge in [-0.15, -0.1) is 0 Å². The summed E-state index contributed by atoms with van der Waals surface area (Å²) in [6, 6.07) is 7.36. The van der Waals surface area contributed by atoms with Gasteiger partial charge in [-0.3, -0.25) is 9.78 Å². The van der Waals surface area contributed by atoms with Crippen LogP contribution in [-0.2, 0) is 6.42 Å². The average molecular weight is 314 g/mol. The zero-order valence-electron chi connectivity index (χ0n) is 13.0. The molecule has 0 saturated carbocycles. The second kappa shape index (κ2) is 6.51. The normalized spacial score (nSPS) is 13.2. The van der Waals surface area contributed by atoms with E-state index in [4.69, 9.17) is 9.47 Å². The van der Waals surface area contributed by atoms with Crippen LogP contribution in [-0.4, -0.2) is 22.5 Å². The van der Waals surface area contributed by atoms with Crippen LogP contribution in [0.25, 0.3) is 0 Å². The Balaban J connectivity index is 1.58. The molecule has 0 aliphatic carbocycles. The molecule has 2 heterocycles. The first-order chi connectivity index (χ1) is 11.1. The summed E-state index contributed by atoms with van der Waals surface area (Å²) >= 11 is 0. The van der Waals surface area contributed by atoms with Crippen molar-refractivity contribution in [2.45, 2.75) is 26.7 Å². The van der Waals surface area contributed by atoms with Gasteiger partial charge >= 0.3 is 0 Å². The highest BCUT2D eigenvalue weighted by Crippen LogP contribution is 2.32. The third kappa shape index (κ3) is 3.88. The second-order valence-corrected chi connectivity index (χ2v) is 5.38. The fourth-order valence-corrected chi connectivity index (χ4v) is 2.26. The molecule has 1 aliphatic heterocycles. The smallest absolute Gasteiger partial charge is 0.252 e. The molecule has 2 N–H and O–H groups in total. The lowest BCUT2D eigenvalue weighted by atomic mass is 10.1. The molecule has 23 heavy (non-hydrogen) atoms. The van der Waals surface area contributed by atoms with E-state index in [1.54, 1.807) is 6.92 Å². The van der Waals surface area contributed by atoms with Gasteiger partial charge in [0.2, 0.25) is 12.7 Å². The number of hydrogen-bond donors (Lipinski definition) is 2. The third-order valence-electron chi connectivity index (χ3n) is 3.43. The van der Waals surface area contributed by atoms with Gasteiger partial charge in [0.25, 0.3) is 5.56 Å². The van der Waals surface area contributed by atoms with Crippen LogP contribution < -0.4 is 20.5 Å². The summed E-state index contributed by atoms with van der Waals surface area (Å²) < 4.78 is 10.7. The molecule has 0 radical (unpaired) electrons. The van der Waals surface area contributed by atoms with Gasteiger partial charge in [-0.05, 0) is 44.4 Å². The van der Waals surface area contributed by atoms with E-state index >= 15 is 0 Å². The predicted molar refractivity (Wildman–Crippen MR) is 87.2 cm³/mol.